The fourth-order valence-corrected chi connectivity index (χ4v) is 5.74. The van der Waals surface area contributed by atoms with Gasteiger partial charge in [-0.2, -0.15) is 0 Å². The van der Waals surface area contributed by atoms with Gasteiger partial charge in [0.15, 0.2) is 0 Å². The van der Waals surface area contributed by atoms with Crippen LogP contribution in [-0.2, 0) is 21.5 Å². The monoisotopic (exact) mass is 519 g/mol. The Labute approximate surface area is 225 Å². The van der Waals surface area contributed by atoms with Gasteiger partial charge in [0, 0.05) is 44.9 Å². The molecule has 2 aliphatic rings. The van der Waals surface area contributed by atoms with E-state index in [9.17, 15) is 4.79 Å². The molecular weight excluding hydrogens is 478 g/mol. The second kappa shape index (κ2) is 11.0. The van der Waals surface area contributed by atoms with Crippen molar-refractivity contribution in [1.82, 2.24) is 19.4 Å². The molecule has 1 amide bonds. The van der Waals surface area contributed by atoms with Gasteiger partial charge in [0.25, 0.3) is 0 Å². The van der Waals surface area contributed by atoms with Gasteiger partial charge in [-0.25, -0.2) is 4.98 Å². The third-order valence-corrected chi connectivity index (χ3v) is 7.95. The number of aromatic nitrogens is 2. The highest BCUT2D eigenvalue weighted by atomic mass is 16.5. The van der Waals surface area contributed by atoms with Crippen LogP contribution in [0.25, 0.3) is 11.0 Å². The maximum Gasteiger partial charge on any atom is 0.234 e. The normalized spacial score (nSPS) is 18.5. The average Bonchev–Trinajstić information content (AvgIpc) is 3.38. The van der Waals surface area contributed by atoms with Gasteiger partial charge in [-0.3, -0.25) is 9.69 Å². The number of benzene rings is 2. The van der Waals surface area contributed by atoms with Gasteiger partial charge in [-0.1, -0.05) is 18.2 Å². The molecule has 1 N–H and O–H groups in total. The van der Waals surface area contributed by atoms with E-state index in [1.165, 1.54) is 0 Å². The van der Waals surface area contributed by atoms with Gasteiger partial charge in [-0.15, -0.1) is 0 Å². The van der Waals surface area contributed by atoms with Gasteiger partial charge < -0.3 is 24.3 Å². The minimum atomic E-state index is -0.575. The number of nitrogens with one attached hydrogen (secondary N) is 1. The number of nitrogens with zero attached hydrogens (tertiary/aromatic N) is 4. The number of hydrogen-bond donors (Lipinski definition) is 1. The summed E-state index contributed by atoms with van der Waals surface area (Å²) in [7, 11) is 0. The van der Waals surface area contributed by atoms with Crippen LogP contribution >= 0.6 is 0 Å². The smallest absolute Gasteiger partial charge is 0.234 e. The molecule has 1 aromatic heterocycles. The second-order valence-electron chi connectivity index (χ2n) is 11.0. The number of carbonyl (C=O) groups excluding carboxylic acids is 1. The molecule has 2 aromatic carbocycles. The summed E-state index contributed by atoms with van der Waals surface area (Å²) in [5.41, 5.74) is 4.56. The maximum absolute atomic E-state index is 12.5. The lowest BCUT2D eigenvalue weighted by Gasteiger charge is -2.34. The number of fused-ring (bicyclic) bond motifs is 2. The van der Waals surface area contributed by atoms with Crippen molar-refractivity contribution in [3.63, 3.8) is 0 Å². The fourth-order valence-electron chi connectivity index (χ4n) is 5.74. The van der Waals surface area contributed by atoms with Crippen LogP contribution in [0.15, 0.2) is 36.4 Å². The Bertz CT molecular complexity index is 1290. The highest BCUT2D eigenvalue weighted by Crippen LogP contribution is 2.45. The number of para-hydroxylation sites is 2. The molecule has 38 heavy (non-hydrogen) atoms. The predicted molar refractivity (Wildman–Crippen MR) is 151 cm³/mol. The highest BCUT2D eigenvalue weighted by molar-refractivity contribution is 6.07. The number of aryl methyl sites for hydroxylation is 1. The summed E-state index contributed by atoms with van der Waals surface area (Å²) in [5.74, 6) is 1.92. The van der Waals surface area contributed by atoms with Gasteiger partial charge >= 0.3 is 0 Å². The van der Waals surface area contributed by atoms with Crippen LogP contribution in [-0.4, -0.2) is 71.2 Å². The van der Waals surface area contributed by atoms with E-state index in [0.29, 0.717) is 13.2 Å². The second-order valence-corrected chi connectivity index (χ2v) is 11.0. The summed E-state index contributed by atoms with van der Waals surface area (Å²) >= 11 is 0. The zero-order valence-corrected chi connectivity index (χ0v) is 23.4. The molecule has 8 heteroatoms. The maximum atomic E-state index is 12.5. The Morgan fingerprint density at radius 1 is 1.08 bits per heavy atom. The number of imidazole rings is 1. The Hall–Kier alpha value is -2.94. The molecule has 204 valence electrons. The van der Waals surface area contributed by atoms with Crippen LogP contribution < -0.4 is 10.1 Å². The Kier molecular flexibility index (Phi) is 7.75. The van der Waals surface area contributed by atoms with E-state index in [2.05, 4.69) is 44.8 Å². The summed E-state index contributed by atoms with van der Waals surface area (Å²) in [6.45, 7) is 17.3. The Morgan fingerprint density at radius 3 is 2.58 bits per heavy atom. The molecule has 2 aliphatic heterocycles. The van der Waals surface area contributed by atoms with Crippen LogP contribution in [0.2, 0.25) is 0 Å². The lowest BCUT2D eigenvalue weighted by Crippen LogP contribution is -2.46. The molecule has 1 atom stereocenters. The number of ether oxygens (including phenoxy) is 2. The van der Waals surface area contributed by atoms with E-state index in [-0.39, 0.29) is 12.1 Å². The molecule has 0 spiro atoms. The summed E-state index contributed by atoms with van der Waals surface area (Å²) in [4.78, 5) is 22.4. The van der Waals surface area contributed by atoms with E-state index in [4.69, 9.17) is 14.5 Å². The number of carbonyl (C=O) groups is 1. The molecule has 3 heterocycles. The van der Waals surface area contributed by atoms with Crippen molar-refractivity contribution in [3.05, 3.63) is 53.3 Å². The number of anilines is 1. The number of hydrogen-bond acceptors (Lipinski definition) is 6. The minimum absolute atomic E-state index is 0.0347. The number of amides is 1. The third-order valence-electron chi connectivity index (χ3n) is 7.95. The minimum Gasteiger partial charge on any atom is -0.493 e. The molecular formula is C30H41N5O3. The summed E-state index contributed by atoms with van der Waals surface area (Å²) < 4.78 is 14.4. The fraction of sp³-hybridized carbons (Fsp3) is 0.533. The summed E-state index contributed by atoms with van der Waals surface area (Å²) in [6.07, 6.45) is 0.907. The van der Waals surface area contributed by atoms with Crippen molar-refractivity contribution in [2.75, 3.05) is 51.3 Å². The first-order chi connectivity index (χ1) is 18.3. The van der Waals surface area contributed by atoms with E-state index in [1.54, 1.807) is 0 Å². The van der Waals surface area contributed by atoms with Crippen LogP contribution in [0.3, 0.4) is 0 Å². The first kappa shape index (κ1) is 26.7. The average molecular weight is 520 g/mol. The van der Waals surface area contributed by atoms with Gasteiger partial charge in [0.05, 0.1) is 35.3 Å². The van der Waals surface area contributed by atoms with Crippen LogP contribution in [0.1, 0.15) is 57.3 Å². The molecule has 0 radical (unpaired) electrons. The lowest BCUT2D eigenvalue weighted by molar-refractivity contribution is -0.119. The molecule has 1 saturated heterocycles. The first-order valence-electron chi connectivity index (χ1n) is 13.9. The molecule has 0 saturated carbocycles. The zero-order chi connectivity index (χ0) is 26.9. The van der Waals surface area contributed by atoms with Crippen molar-refractivity contribution in [3.8, 4) is 5.75 Å². The number of piperazine rings is 1. The van der Waals surface area contributed by atoms with E-state index < -0.39 is 5.41 Å². The first-order valence-corrected chi connectivity index (χ1v) is 13.9. The lowest BCUT2D eigenvalue weighted by atomic mass is 9.85. The van der Waals surface area contributed by atoms with Crippen molar-refractivity contribution in [1.29, 1.82) is 0 Å². The van der Waals surface area contributed by atoms with Crippen molar-refractivity contribution in [2.45, 2.75) is 59.2 Å². The predicted octanol–water partition coefficient (Wildman–Crippen LogP) is 4.72. The van der Waals surface area contributed by atoms with Gasteiger partial charge in [0.2, 0.25) is 5.91 Å². The molecule has 0 bridgehead atoms. The molecule has 8 nitrogen and oxygen atoms in total. The zero-order valence-electron chi connectivity index (χ0n) is 23.4. The molecule has 0 aliphatic carbocycles. The van der Waals surface area contributed by atoms with Gasteiger partial charge in [-0.05, 0) is 64.8 Å². The quantitative estimate of drug-likeness (QED) is 0.391. The van der Waals surface area contributed by atoms with E-state index in [0.717, 1.165) is 85.1 Å². The van der Waals surface area contributed by atoms with Crippen molar-refractivity contribution < 1.29 is 14.3 Å². The third kappa shape index (κ3) is 5.17. The summed E-state index contributed by atoms with van der Waals surface area (Å²) in [6, 6.07) is 12.3. The molecule has 5 rings (SSSR count). The highest BCUT2D eigenvalue weighted by Gasteiger charge is 2.41. The van der Waals surface area contributed by atoms with Gasteiger partial charge in [0.1, 0.15) is 17.8 Å². The Morgan fingerprint density at radius 2 is 1.82 bits per heavy atom. The van der Waals surface area contributed by atoms with Crippen molar-refractivity contribution in [2.24, 2.45) is 0 Å². The largest absolute Gasteiger partial charge is 0.493 e. The molecule has 1 fully saturated rings. The van der Waals surface area contributed by atoms with Crippen LogP contribution in [0, 0.1) is 6.92 Å². The van der Waals surface area contributed by atoms with E-state index in [1.807, 2.05) is 45.9 Å². The van der Waals surface area contributed by atoms with Crippen LogP contribution in [0.4, 0.5) is 5.69 Å². The topological polar surface area (TPSA) is 71.9 Å². The number of rotatable bonds is 10. The van der Waals surface area contributed by atoms with Crippen LogP contribution in [0.5, 0.6) is 5.75 Å². The Balaban J connectivity index is 1.13. The molecule has 1 unspecified atom stereocenters. The van der Waals surface area contributed by atoms with Crippen molar-refractivity contribution >= 4 is 22.6 Å². The molecule has 3 aromatic rings. The standard InChI is InChI=1S/C30H41N5O3/c1-6-37-22(3)35-24-11-8-7-10-23(24)31-26(35)20-34-17-15-33(16-18-34)14-9-19-38-25-13-12-21(2)28-27(25)30(4,5)29(36)32-28/h7-8,10-13,22H,6,9,14-20H2,1-5H3,(H,32,36). The SMILES string of the molecule is CCOC(C)n1c(CN2CCN(CCCOc3ccc(C)c4c3C(C)(C)C(=O)N4)CC2)nc2ccccc21. The summed E-state index contributed by atoms with van der Waals surface area (Å²) in [5, 5.41) is 3.04. The van der Waals surface area contributed by atoms with E-state index >= 15 is 0 Å².